The minimum absolute atomic E-state index is 0.219. The summed E-state index contributed by atoms with van der Waals surface area (Å²) in [5.74, 6) is 0.353. The zero-order valence-electron chi connectivity index (χ0n) is 9.25. The highest BCUT2D eigenvalue weighted by atomic mass is 16.3. The van der Waals surface area contributed by atoms with Crippen LogP contribution < -0.4 is 0 Å². The molecule has 2 heteroatoms. The molecule has 0 spiro atoms. The van der Waals surface area contributed by atoms with Crippen LogP contribution in [-0.4, -0.2) is 11.2 Å². The molecule has 1 unspecified atom stereocenters. The molecule has 0 aromatic heterocycles. The van der Waals surface area contributed by atoms with Gasteiger partial charge in [-0.2, -0.15) is 5.26 Å². The molecule has 0 heterocycles. The van der Waals surface area contributed by atoms with Gasteiger partial charge in [-0.05, 0) is 37.5 Å². The van der Waals surface area contributed by atoms with Crippen LogP contribution in [0.3, 0.4) is 0 Å². The first-order valence-electron chi connectivity index (χ1n) is 5.21. The molecule has 78 valence electrons. The van der Waals surface area contributed by atoms with Crippen molar-refractivity contribution in [3.8, 4) is 6.07 Å². The molecule has 0 saturated heterocycles. The molecule has 1 aliphatic rings. The van der Waals surface area contributed by atoms with Crippen molar-refractivity contribution in [2.24, 2.45) is 11.3 Å². The van der Waals surface area contributed by atoms with Crippen LogP contribution in [0.15, 0.2) is 11.6 Å². The van der Waals surface area contributed by atoms with Crippen LogP contribution in [0.5, 0.6) is 0 Å². The number of aliphatic hydroxyl groups is 1. The lowest BCUT2D eigenvalue weighted by atomic mass is 9.67. The minimum atomic E-state index is -0.819. The largest absolute Gasteiger partial charge is 0.378 e. The highest BCUT2D eigenvalue weighted by Crippen LogP contribution is 2.43. The first-order chi connectivity index (χ1) is 6.47. The van der Waals surface area contributed by atoms with Gasteiger partial charge in [0.15, 0.2) is 0 Å². The van der Waals surface area contributed by atoms with Crippen LogP contribution in [-0.2, 0) is 0 Å². The Morgan fingerprint density at radius 3 is 2.86 bits per heavy atom. The van der Waals surface area contributed by atoms with E-state index in [2.05, 4.69) is 26.8 Å². The van der Waals surface area contributed by atoms with E-state index in [-0.39, 0.29) is 5.41 Å². The number of allylic oxidation sites excluding steroid dienone is 2. The van der Waals surface area contributed by atoms with E-state index in [0.717, 1.165) is 12.8 Å². The molecule has 1 rings (SSSR count). The van der Waals surface area contributed by atoms with Crippen LogP contribution in [0, 0.1) is 22.7 Å². The van der Waals surface area contributed by atoms with Crippen molar-refractivity contribution in [2.75, 3.05) is 0 Å². The average molecular weight is 193 g/mol. The van der Waals surface area contributed by atoms with Crippen molar-refractivity contribution in [1.29, 1.82) is 5.26 Å². The second-order valence-corrected chi connectivity index (χ2v) is 4.91. The highest BCUT2D eigenvalue weighted by molar-refractivity contribution is 5.13. The molecule has 0 radical (unpaired) electrons. The zero-order valence-corrected chi connectivity index (χ0v) is 9.25. The number of hydrogen-bond acceptors (Lipinski definition) is 2. The van der Waals surface area contributed by atoms with Gasteiger partial charge in [-0.25, -0.2) is 0 Å². The quantitative estimate of drug-likeness (QED) is 0.541. The van der Waals surface area contributed by atoms with Crippen LogP contribution in [0.25, 0.3) is 0 Å². The molecule has 2 nitrogen and oxygen atoms in total. The maximum absolute atomic E-state index is 9.37. The predicted octanol–water partition coefficient (Wildman–Crippen LogP) is 2.64. The van der Waals surface area contributed by atoms with Crippen LogP contribution in [0.4, 0.5) is 0 Å². The Labute approximate surface area is 86.2 Å². The fraction of sp³-hybridized carbons (Fsp3) is 0.750. The van der Waals surface area contributed by atoms with Gasteiger partial charge >= 0.3 is 0 Å². The number of rotatable bonds is 2. The van der Waals surface area contributed by atoms with Gasteiger partial charge in [0.2, 0.25) is 0 Å². The molecular weight excluding hydrogens is 174 g/mol. The monoisotopic (exact) mass is 193 g/mol. The number of aliphatic hydroxyl groups excluding tert-OH is 1. The Bertz CT molecular complexity index is 273. The Balaban J connectivity index is 2.77. The lowest BCUT2D eigenvalue weighted by Crippen LogP contribution is -2.30. The second kappa shape index (κ2) is 4.14. The summed E-state index contributed by atoms with van der Waals surface area (Å²) in [4.78, 5) is 0. The van der Waals surface area contributed by atoms with E-state index in [9.17, 15) is 5.11 Å². The third-order valence-corrected chi connectivity index (χ3v) is 3.36. The summed E-state index contributed by atoms with van der Waals surface area (Å²) in [6.07, 6.45) is 4.26. The molecular formula is C12H19NO. The van der Waals surface area contributed by atoms with Crippen molar-refractivity contribution in [3.05, 3.63) is 11.6 Å². The minimum Gasteiger partial charge on any atom is -0.378 e. The summed E-state index contributed by atoms with van der Waals surface area (Å²) in [5, 5.41) is 18.0. The number of nitriles is 1. The Morgan fingerprint density at radius 2 is 2.36 bits per heavy atom. The Morgan fingerprint density at radius 1 is 1.71 bits per heavy atom. The van der Waals surface area contributed by atoms with E-state index in [1.54, 1.807) is 0 Å². The first kappa shape index (κ1) is 11.3. The van der Waals surface area contributed by atoms with Crippen molar-refractivity contribution >= 4 is 0 Å². The first-order valence-corrected chi connectivity index (χ1v) is 5.21. The van der Waals surface area contributed by atoms with Crippen LogP contribution >= 0.6 is 0 Å². The summed E-state index contributed by atoms with van der Waals surface area (Å²) in [6, 6.07) is 1.90. The smallest absolute Gasteiger partial charge is 0.141 e. The molecule has 0 aromatic rings. The molecule has 0 aliphatic heterocycles. The Hall–Kier alpha value is -0.810. The van der Waals surface area contributed by atoms with Gasteiger partial charge in [-0.15, -0.1) is 0 Å². The molecule has 0 fully saturated rings. The third-order valence-electron chi connectivity index (χ3n) is 3.36. The number of hydrogen-bond donors (Lipinski definition) is 1. The van der Waals surface area contributed by atoms with E-state index in [1.165, 1.54) is 5.57 Å². The van der Waals surface area contributed by atoms with Crippen molar-refractivity contribution in [1.82, 2.24) is 0 Å². The predicted molar refractivity (Wildman–Crippen MR) is 56.5 cm³/mol. The fourth-order valence-corrected chi connectivity index (χ4v) is 2.39. The highest BCUT2D eigenvalue weighted by Gasteiger charge is 2.33. The molecule has 0 aromatic carbocycles. The molecule has 2 atom stereocenters. The summed E-state index contributed by atoms with van der Waals surface area (Å²) in [5.41, 5.74) is 1.55. The van der Waals surface area contributed by atoms with Crippen molar-refractivity contribution < 1.29 is 5.11 Å². The SMILES string of the molecule is CC1=CCCC(C)(C)C1C[C@@H](O)C#N. The molecule has 14 heavy (non-hydrogen) atoms. The molecule has 1 aliphatic carbocycles. The van der Waals surface area contributed by atoms with Gasteiger partial charge in [0, 0.05) is 0 Å². The molecule has 0 amide bonds. The average Bonchev–Trinajstić information content (AvgIpc) is 2.11. The van der Waals surface area contributed by atoms with Gasteiger partial charge in [0.1, 0.15) is 6.10 Å². The summed E-state index contributed by atoms with van der Waals surface area (Å²) in [6.45, 7) is 6.55. The standard InChI is InChI=1S/C12H19NO/c1-9-5-4-6-12(2,3)11(9)7-10(14)8-13/h5,10-11,14H,4,6-7H2,1-3H3/t10-,11?/m1/s1. The summed E-state index contributed by atoms with van der Waals surface area (Å²) in [7, 11) is 0. The van der Waals surface area contributed by atoms with E-state index in [4.69, 9.17) is 5.26 Å². The van der Waals surface area contributed by atoms with E-state index >= 15 is 0 Å². The lowest BCUT2D eigenvalue weighted by molar-refractivity contribution is 0.134. The topological polar surface area (TPSA) is 44.0 Å². The van der Waals surface area contributed by atoms with E-state index in [0.29, 0.717) is 12.3 Å². The summed E-state index contributed by atoms with van der Waals surface area (Å²) < 4.78 is 0. The zero-order chi connectivity index (χ0) is 10.8. The second-order valence-electron chi connectivity index (χ2n) is 4.91. The van der Waals surface area contributed by atoms with Gasteiger partial charge in [0.05, 0.1) is 6.07 Å². The molecule has 1 N–H and O–H groups in total. The van der Waals surface area contributed by atoms with Gasteiger partial charge < -0.3 is 5.11 Å². The van der Waals surface area contributed by atoms with E-state index in [1.807, 2.05) is 6.07 Å². The van der Waals surface area contributed by atoms with Gasteiger partial charge in [-0.3, -0.25) is 0 Å². The Kier molecular flexibility index (Phi) is 3.34. The molecule has 0 saturated carbocycles. The molecule has 0 bridgehead atoms. The van der Waals surface area contributed by atoms with Crippen molar-refractivity contribution in [2.45, 2.75) is 46.1 Å². The van der Waals surface area contributed by atoms with E-state index < -0.39 is 6.10 Å². The van der Waals surface area contributed by atoms with Crippen molar-refractivity contribution in [3.63, 3.8) is 0 Å². The van der Waals surface area contributed by atoms with Crippen LogP contribution in [0.1, 0.15) is 40.0 Å². The fourth-order valence-electron chi connectivity index (χ4n) is 2.39. The lowest BCUT2D eigenvalue weighted by Gasteiger charge is -2.38. The third kappa shape index (κ3) is 2.36. The van der Waals surface area contributed by atoms with Gasteiger partial charge in [0.25, 0.3) is 0 Å². The van der Waals surface area contributed by atoms with Crippen LogP contribution in [0.2, 0.25) is 0 Å². The number of nitrogens with zero attached hydrogens (tertiary/aromatic N) is 1. The maximum Gasteiger partial charge on any atom is 0.141 e. The van der Waals surface area contributed by atoms with Gasteiger partial charge in [-0.1, -0.05) is 25.5 Å². The maximum atomic E-state index is 9.37. The normalized spacial score (nSPS) is 27.6. The summed E-state index contributed by atoms with van der Waals surface area (Å²) >= 11 is 0.